The van der Waals surface area contributed by atoms with Gasteiger partial charge in [0.2, 0.25) is 0 Å². The Balaban J connectivity index is 2.15. The summed E-state index contributed by atoms with van der Waals surface area (Å²) >= 11 is 6.07. The molecule has 1 amide bonds. The number of carbonyl (C=O) groups excluding carboxylic acids is 1. The molecule has 2 rings (SSSR count). The van der Waals surface area contributed by atoms with Crippen molar-refractivity contribution in [3.8, 4) is 0 Å². The van der Waals surface area contributed by atoms with Crippen LogP contribution in [0.3, 0.4) is 0 Å². The van der Waals surface area contributed by atoms with Crippen molar-refractivity contribution in [2.75, 3.05) is 6.54 Å². The van der Waals surface area contributed by atoms with E-state index in [1.807, 2.05) is 0 Å². The van der Waals surface area contributed by atoms with Crippen LogP contribution in [-0.4, -0.2) is 17.6 Å². The van der Waals surface area contributed by atoms with Gasteiger partial charge in [0.15, 0.2) is 0 Å². The van der Waals surface area contributed by atoms with E-state index in [9.17, 15) is 18.7 Å². The fraction of sp³-hybridized carbons (Fsp3) is 0.235. The lowest BCUT2D eigenvalue weighted by molar-refractivity contribution is 0.0494. The van der Waals surface area contributed by atoms with Gasteiger partial charge in [-0.25, -0.2) is 8.78 Å². The Bertz CT molecular complexity index is 747. The molecule has 6 heteroatoms. The number of benzene rings is 2. The summed E-state index contributed by atoms with van der Waals surface area (Å²) in [7, 11) is 0. The Labute approximate surface area is 137 Å². The van der Waals surface area contributed by atoms with Gasteiger partial charge in [-0.05, 0) is 31.5 Å². The van der Waals surface area contributed by atoms with Gasteiger partial charge in [0, 0.05) is 11.6 Å². The molecular formula is C17H16ClF2NO2. The maximum Gasteiger partial charge on any atom is 0.252 e. The third-order valence-corrected chi connectivity index (χ3v) is 4.04. The molecular weight excluding hydrogens is 324 g/mol. The number of aryl methyl sites for hydroxylation is 1. The van der Waals surface area contributed by atoms with Gasteiger partial charge in [0.05, 0.1) is 17.1 Å². The van der Waals surface area contributed by atoms with Crippen molar-refractivity contribution in [2.24, 2.45) is 0 Å². The highest BCUT2D eigenvalue weighted by Gasteiger charge is 2.28. The molecule has 1 atom stereocenters. The van der Waals surface area contributed by atoms with Gasteiger partial charge in [-0.3, -0.25) is 4.79 Å². The molecule has 0 aliphatic heterocycles. The fourth-order valence-corrected chi connectivity index (χ4v) is 2.40. The van der Waals surface area contributed by atoms with Gasteiger partial charge in [-0.2, -0.15) is 0 Å². The zero-order chi connectivity index (χ0) is 17.2. The first-order valence-electron chi connectivity index (χ1n) is 6.93. The van der Waals surface area contributed by atoms with Crippen molar-refractivity contribution in [2.45, 2.75) is 19.4 Å². The van der Waals surface area contributed by atoms with E-state index in [0.29, 0.717) is 11.1 Å². The second-order valence-electron chi connectivity index (χ2n) is 5.52. The van der Waals surface area contributed by atoms with Gasteiger partial charge < -0.3 is 10.4 Å². The largest absolute Gasteiger partial charge is 0.383 e. The van der Waals surface area contributed by atoms with Crippen LogP contribution < -0.4 is 5.32 Å². The molecule has 1 unspecified atom stereocenters. The Kier molecular flexibility index (Phi) is 5.02. The van der Waals surface area contributed by atoms with Gasteiger partial charge in [0.25, 0.3) is 5.91 Å². The Morgan fingerprint density at radius 2 is 2.00 bits per heavy atom. The van der Waals surface area contributed by atoms with Crippen molar-refractivity contribution in [3.63, 3.8) is 0 Å². The summed E-state index contributed by atoms with van der Waals surface area (Å²) in [6.07, 6.45) is 0. The number of nitrogens with one attached hydrogen (secondary N) is 1. The van der Waals surface area contributed by atoms with E-state index in [2.05, 4.69) is 5.32 Å². The van der Waals surface area contributed by atoms with Crippen LogP contribution in [0.15, 0.2) is 36.4 Å². The number of hydrogen-bond donors (Lipinski definition) is 2. The molecule has 0 aliphatic rings. The minimum absolute atomic E-state index is 0.102. The molecule has 0 aromatic heterocycles. The molecule has 0 fully saturated rings. The Hall–Kier alpha value is -1.98. The van der Waals surface area contributed by atoms with Crippen molar-refractivity contribution in [1.82, 2.24) is 5.32 Å². The SMILES string of the molecule is Cc1cccc(C(=O)NCC(C)(O)c2ccc(F)cc2F)c1Cl. The number of aliphatic hydroxyl groups is 1. The van der Waals surface area contributed by atoms with Gasteiger partial charge in [-0.1, -0.05) is 29.8 Å². The molecule has 0 heterocycles. The van der Waals surface area contributed by atoms with Gasteiger partial charge in [-0.15, -0.1) is 0 Å². The topological polar surface area (TPSA) is 49.3 Å². The first-order valence-corrected chi connectivity index (χ1v) is 7.31. The molecule has 2 aromatic carbocycles. The predicted octanol–water partition coefficient (Wildman–Crippen LogP) is 3.56. The van der Waals surface area contributed by atoms with Crippen LogP contribution >= 0.6 is 11.6 Å². The van der Waals surface area contributed by atoms with Crippen LogP contribution in [0.1, 0.15) is 28.4 Å². The number of halogens is 3. The molecule has 0 radical (unpaired) electrons. The van der Waals surface area contributed by atoms with E-state index in [-0.39, 0.29) is 17.7 Å². The molecule has 0 aliphatic carbocycles. The summed E-state index contributed by atoms with van der Waals surface area (Å²) in [6, 6.07) is 7.89. The number of rotatable bonds is 4. The standard InChI is InChI=1S/C17H16ClF2NO2/c1-10-4-3-5-12(15(10)18)16(22)21-9-17(2,23)13-7-6-11(19)8-14(13)20/h3-8,23H,9H2,1-2H3,(H,21,22). The van der Waals surface area contributed by atoms with Crippen LogP contribution in [0.2, 0.25) is 5.02 Å². The summed E-state index contributed by atoms with van der Waals surface area (Å²) in [5, 5.41) is 13.2. The second-order valence-corrected chi connectivity index (χ2v) is 5.90. The lowest BCUT2D eigenvalue weighted by Gasteiger charge is -2.25. The summed E-state index contributed by atoms with van der Waals surface area (Å²) in [5.41, 5.74) is -0.781. The highest BCUT2D eigenvalue weighted by atomic mass is 35.5. The average Bonchev–Trinajstić information content (AvgIpc) is 2.47. The van der Waals surface area contributed by atoms with Crippen LogP contribution in [-0.2, 0) is 5.60 Å². The lowest BCUT2D eigenvalue weighted by atomic mass is 9.95. The highest BCUT2D eigenvalue weighted by molar-refractivity contribution is 6.34. The molecule has 122 valence electrons. The lowest BCUT2D eigenvalue weighted by Crippen LogP contribution is -2.39. The molecule has 2 N–H and O–H groups in total. The zero-order valence-electron chi connectivity index (χ0n) is 12.7. The van der Waals surface area contributed by atoms with E-state index < -0.39 is 23.1 Å². The summed E-state index contributed by atoms with van der Waals surface area (Å²) in [5.74, 6) is -2.10. The molecule has 0 saturated heterocycles. The molecule has 2 aromatic rings. The van der Waals surface area contributed by atoms with Gasteiger partial charge >= 0.3 is 0 Å². The van der Waals surface area contributed by atoms with Crippen molar-refractivity contribution in [1.29, 1.82) is 0 Å². The average molecular weight is 340 g/mol. The normalized spacial score (nSPS) is 13.5. The Morgan fingerprint density at radius 3 is 2.65 bits per heavy atom. The van der Waals surface area contributed by atoms with Crippen LogP contribution in [0.5, 0.6) is 0 Å². The van der Waals surface area contributed by atoms with Crippen LogP contribution in [0.25, 0.3) is 0 Å². The third-order valence-electron chi connectivity index (χ3n) is 3.54. The first kappa shape index (κ1) is 17.4. The smallest absolute Gasteiger partial charge is 0.252 e. The Morgan fingerprint density at radius 1 is 1.30 bits per heavy atom. The molecule has 0 spiro atoms. The van der Waals surface area contributed by atoms with Crippen molar-refractivity contribution >= 4 is 17.5 Å². The zero-order valence-corrected chi connectivity index (χ0v) is 13.4. The number of carbonyl (C=O) groups is 1. The van der Waals surface area contributed by atoms with E-state index in [1.54, 1.807) is 25.1 Å². The van der Waals surface area contributed by atoms with Crippen molar-refractivity contribution < 1.29 is 18.7 Å². The quantitative estimate of drug-likeness (QED) is 0.894. The molecule has 0 saturated carbocycles. The van der Waals surface area contributed by atoms with Gasteiger partial charge in [0.1, 0.15) is 17.2 Å². The van der Waals surface area contributed by atoms with E-state index in [0.717, 1.165) is 17.7 Å². The summed E-state index contributed by atoms with van der Waals surface area (Å²) in [4.78, 5) is 12.2. The summed E-state index contributed by atoms with van der Waals surface area (Å²) < 4.78 is 26.7. The van der Waals surface area contributed by atoms with Crippen LogP contribution in [0, 0.1) is 18.6 Å². The monoisotopic (exact) mass is 339 g/mol. The minimum Gasteiger partial charge on any atom is -0.383 e. The maximum atomic E-state index is 13.8. The molecule has 0 bridgehead atoms. The fourth-order valence-electron chi connectivity index (χ4n) is 2.19. The number of amides is 1. The van der Waals surface area contributed by atoms with Crippen LogP contribution in [0.4, 0.5) is 8.78 Å². The van der Waals surface area contributed by atoms with E-state index in [1.165, 1.54) is 6.92 Å². The maximum absolute atomic E-state index is 13.8. The minimum atomic E-state index is -1.69. The molecule has 3 nitrogen and oxygen atoms in total. The first-order chi connectivity index (χ1) is 10.7. The van der Waals surface area contributed by atoms with Crippen molar-refractivity contribution in [3.05, 3.63) is 69.7 Å². The van der Waals surface area contributed by atoms with E-state index in [4.69, 9.17) is 11.6 Å². The predicted molar refractivity (Wildman–Crippen MR) is 84.5 cm³/mol. The highest BCUT2D eigenvalue weighted by Crippen LogP contribution is 2.24. The second kappa shape index (κ2) is 6.64. The number of hydrogen-bond acceptors (Lipinski definition) is 2. The molecule has 23 heavy (non-hydrogen) atoms. The summed E-state index contributed by atoms with van der Waals surface area (Å²) in [6.45, 7) is 2.85. The third kappa shape index (κ3) is 3.86. The van der Waals surface area contributed by atoms with E-state index >= 15 is 0 Å².